The van der Waals surface area contributed by atoms with E-state index < -0.39 is 17.8 Å². The number of carbonyl (C=O) groups is 3. The maximum Gasteiger partial charge on any atom is 0.329 e. The zero-order chi connectivity index (χ0) is 22.0. The van der Waals surface area contributed by atoms with Crippen LogP contribution in [0.15, 0.2) is 48.2 Å². The molecule has 7 nitrogen and oxygen atoms in total. The molecular formula is C24H26N4O3. The minimum atomic E-state index is -0.596. The van der Waals surface area contributed by atoms with Gasteiger partial charge in [0.05, 0.1) is 0 Å². The zero-order valence-electron chi connectivity index (χ0n) is 17.8. The first kappa shape index (κ1) is 20.7. The summed E-state index contributed by atoms with van der Waals surface area (Å²) < 4.78 is 0. The summed E-state index contributed by atoms with van der Waals surface area (Å²) in [4.78, 5) is 40.6. The van der Waals surface area contributed by atoms with Crippen LogP contribution in [0.25, 0.3) is 6.08 Å². The zero-order valence-corrected chi connectivity index (χ0v) is 17.8. The van der Waals surface area contributed by atoms with Gasteiger partial charge in [-0.1, -0.05) is 23.8 Å². The normalized spacial score (nSPS) is 17.4. The Morgan fingerprint density at radius 2 is 1.77 bits per heavy atom. The lowest BCUT2D eigenvalue weighted by Gasteiger charge is -2.18. The molecule has 2 aliphatic heterocycles. The van der Waals surface area contributed by atoms with Crippen molar-refractivity contribution in [3.8, 4) is 0 Å². The molecule has 4 rings (SSSR count). The van der Waals surface area contributed by atoms with E-state index in [9.17, 15) is 14.4 Å². The van der Waals surface area contributed by atoms with Crippen molar-refractivity contribution in [3.05, 3.63) is 64.9 Å². The molecule has 2 saturated heterocycles. The van der Waals surface area contributed by atoms with Crippen molar-refractivity contribution >= 4 is 35.3 Å². The predicted molar refractivity (Wildman–Crippen MR) is 121 cm³/mol. The van der Waals surface area contributed by atoms with Crippen molar-refractivity contribution in [3.63, 3.8) is 0 Å². The van der Waals surface area contributed by atoms with E-state index >= 15 is 0 Å². The summed E-state index contributed by atoms with van der Waals surface area (Å²) in [5.74, 6) is -0.938. The van der Waals surface area contributed by atoms with Crippen LogP contribution in [0.5, 0.6) is 0 Å². The summed E-state index contributed by atoms with van der Waals surface area (Å²) in [6.07, 6.45) is 4.08. The van der Waals surface area contributed by atoms with Crippen LogP contribution in [0, 0.1) is 13.8 Å². The van der Waals surface area contributed by atoms with Crippen LogP contribution >= 0.6 is 0 Å². The van der Waals surface area contributed by atoms with E-state index in [0.29, 0.717) is 5.69 Å². The quantitative estimate of drug-likeness (QED) is 0.576. The third-order valence-electron chi connectivity index (χ3n) is 5.62. The van der Waals surface area contributed by atoms with Crippen LogP contribution in [0.1, 0.15) is 29.5 Å². The Hall–Kier alpha value is -3.61. The molecule has 2 heterocycles. The van der Waals surface area contributed by atoms with Crippen molar-refractivity contribution in [1.82, 2.24) is 10.2 Å². The van der Waals surface area contributed by atoms with Crippen molar-refractivity contribution in [1.29, 1.82) is 0 Å². The topological polar surface area (TPSA) is 81.8 Å². The summed E-state index contributed by atoms with van der Waals surface area (Å²) in [5.41, 5.74) is 4.92. The average molecular weight is 418 g/mol. The minimum Gasteiger partial charge on any atom is -0.372 e. The number of anilines is 2. The molecule has 2 aromatic carbocycles. The molecule has 2 aromatic rings. The van der Waals surface area contributed by atoms with Gasteiger partial charge in [0.2, 0.25) is 5.91 Å². The first-order chi connectivity index (χ1) is 14.9. The lowest BCUT2D eigenvalue weighted by Crippen LogP contribution is -2.38. The van der Waals surface area contributed by atoms with Gasteiger partial charge in [-0.2, -0.15) is 0 Å². The number of amides is 4. The highest BCUT2D eigenvalue weighted by molar-refractivity contribution is 6.16. The molecule has 0 saturated carbocycles. The maximum atomic E-state index is 12.7. The monoisotopic (exact) mass is 418 g/mol. The van der Waals surface area contributed by atoms with Crippen LogP contribution in [0.2, 0.25) is 0 Å². The molecule has 0 aliphatic carbocycles. The van der Waals surface area contributed by atoms with Crippen molar-refractivity contribution in [2.45, 2.75) is 26.7 Å². The number of hydrogen-bond donors (Lipinski definition) is 2. The van der Waals surface area contributed by atoms with Gasteiger partial charge in [-0.3, -0.25) is 9.59 Å². The van der Waals surface area contributed by atoms with Crippen LogP contribution < -0.4 is 15.5 Å². The highest BCUT2D eigenvalue weighted by Gasteiger charge is 2.35. The lowest BCUT2D eigenvalue weighted by molar-refractivity contribution is -0.127. The Balaban J connectivity index is 1.44. The fraction of sp³-hybridized carbons (Fsp3) is 0.292. The first-order valence-corrected chi connectivity index (χ1v) is 10.5. The number of urea groups is 1. The molecular weight excluding hydrogens is 392 g/mol. The molecule has 2 aliphatic rings. The molecule has 0 unspecified atom stereocenters. The van der Waals surface area contributed by atoms with E-state index in [4.69, 9.17) is 0 Å². The Morgan fingerprint density at radius 3 is 2.45 bits per heavy atom. The fourth-order valence-electron chi connectivity index (χ4n) is 3.85. The molecule has 0 radical (unpaired) electrons. The number of nitrogens with zero attached hydrogens (tertiary/aromatic N) is 2. The van der Waals surface area contributed by atoms with Gasteiger partial charge < -0.3 is 15.5 Å². The van der Waals surface area contributed by atoms with E-state index in [0.717, 1.165) is 34.7 Å². The summed E-state index contributed by atoms with van der Waals surface area (Å²) in [6.45, 7) is 5.72. The number of hydrogen-bond acceptors (Lipinski definition) is 4. The van der Waals surface area contributed by atoms with Crippen LogP contribution in [0.3, 0.4) is 0 Å². The van der Waals surface area contributed by atoms with Gasteiger partial charge in [0, 0.05) is 24.5 Å². The van der Waals surface area contributed by atoms with E-state index in [1.165, 1.54) is 18.5 Å². The van der Waals surface area contributed by atoms with E-state index in [1.807, 2.05) is 38.1 Å². The summed E-state index contributed by atoms with van der Waals surface area (Å²) in [5, 5.41) is 5.29. The van der Waals surface area contributed by atoms with Gasteiger partial charge in [-0.05, 0) is 68.2 Å². The Bertz CT molecular complexity index is 1050. The Kier molecular flexibility index (Phi) is 5.75. The van der Waals surface area contributed by atoms with Gasteiger partial charge >= 0.3 is 6.03 Å². The number of carbonyl (C=O) groups excluding carboxylic acids is 3. The van der Waals surface area contributed by atoms with Gasteiger partial charge in [0.15, 0.2) is 0 Å². The lowest BCUT2D eigenvalue weighted by atomic mass is 10.1. The van der Waals surface area contributed by atoms with Gasteiger partial charge in [0.25, 0.3) is 5.91 Å². The van der Waals surface area contributed by atoms with Gasteiger partial charge in [-0.25, -0.2) is 9.69 Å². The average Bonchev–Trinajstić information content (AvgIpc) is 3.36. The molecule has 0 aromatic heterocycles. The second-order valence-corrected chi connectivity index (χ2v) is 8.03. The van der Waals surface area contributed by atoms with Crippen molar-refractivity contribution < 1.29 is 14.4 Å². The maximum absolute atomic E-state index is 12.7. The number of rotatable bonds is 5. The Morgan fingerprint density at radius 1 is 1.06 bits per heavy atom. The minimum absolute atomic E-state index is 0.171. The third-order valence-corrected chi connectivity index (χ3v) is 5.62. The standard InChI is InChI=1S/C24H26N4O3/c1-16-5-8-19(9-6-16)25-22(29)15-28-23(30)21(26-24(28)31)14-18-7-10-20(13-17(18)2)27-11-3-4-12-27/h5-10,13-14H,3-4,11-12,15H2,1-2H3,(H,25,29)(H,26,31). The number of benzene rings is 2. The number of aryl methyl sites for hydroxylation is 2. The SMILES string of the molecule is Cc1ccc(NC(=O)CN2C(=O)NC(=Cc3ccc(N4CCCC4)cc3C)C2=O)cc1. The summed E-state index contributed by atoms with van der Waals surface area (Å²) >= 11 is 0. The largest absolute Gasteiger partial charge is 0.372 e. The molecule has 2 N–H and O–H groups in total. The van der Waals surface area contributed by atoms with E-state index in [-0.39, 0.29) is 12.2 Å². The molecule has 4 amide bonds. The highest BCUT2D eigenvalue weighted by Crippen LogP contribution is 2.25. The molecule has 0 spiro atoms. The molecule has 7 heteroatoms. The van der Waals surface area contributed by atoms with Gasteiger partial charge in [0.1, 0.15) is 12.2 Å². The summed E-state index contributed by atoms with van der Waals surface area (Å²) in [6, 6.07) is 12.8. The summed E-state index contributed by atoms with van der Waals surface area (Å²) in [7, 11) is 0. The molecule has 0 bridgehead atoms. The van der Waals surface area contributed by atoms with Crippen LogP contribution in [-0.2, 0) is 9.59 Å². The van der Waals surface area contributed by atoms with Crippen LogP contribution in [0.4, 0.5) is 16.2 Å². The van der Waals surface area contributed by atoms with Crippen LogP contribution in [-0.4, -0.2) is 42.4 Å². The molecule has 0 atom stereocenters. The fourth-order valence-corrected chi connectivity index (χ4v) is 3.85. The first-order valence-electron chi connectivity index (χ1n) is 10.5. The van der Waals surface area contributed by atoms with E-state index in [1.54, 1.807) is 18.2 Å². The van der Waals surface area contributed by atoms with Crippen molar-refractivity contribution in [2.75, 3.05) is 29.9 Å². The third kappa shape index (κ3) is 4.60. The molecule has 160 valence electrons. The second-order valence-electron chi connectivity index (χ2n) is 8.03. The van der Waals surface area contributed by atoms with E-state index in [2.05, 4.69) is 21.6 Å². The second kappa shape index (κ2) is 8.63. The Labute approximate surface area is 181 Å². The van der Waals surface area contributed by atoms with Crippen molar-refractivity contribution in [2.24, 2.45) is 0 Å². The number of imide groups is 1. The smallest absolute Gasteiger partial charge is 0.329 e. The predicted octanol–water partition coefficient (Wildman–Crippen LogP) is 3.44. The highest BCUT2D eigenvalue weighted by atomic mass is 16.2. The molecule has 31 heavy (non-hydrogen) atoms. The number of nitrogens with one attached hydrogen (secondary N) is 2. The molecule has 2 fully saturated rings. The van der Waals surface area contributed by atoms with Gasteiger partial charge in [-0.15, -0.1) is 0 Å².